The van der Waals surface area contributed by atoms with Gasteiger partial charge >= 0.3 is 0 Å². The average Bonchev–Trinajstić information content (AvgIpc) is 2.72. The lowest BCUT2D eigenvalue weighted by Crippen LogP contribution is -2.45. The zero-order valence-electron chi connectivity index (χ0n) is 15.8. The Labute approximate surface area is 200 Å². The lowest BCUT2D eigenvalue weighted by molar-refractivity contribution is -0.117. The van der Waals surface area contributed by atoms with Gasteiger partial charge in [0.15, 0.2) is 0 Å². The maximum atomic E-state index is 13.0. The van der Waals surface area contributed by atoms with E-state index in [-0.39, 0.29) is 32.1 Å². The second-order valence-electron chi connectivity index (χ2n) is 6.55. The van der Waals surface area contributed by atoms with Crippen molar-refractivity contribution in [3.05, 3.63) is 92.4 Å². The summed E-state index contributed by atoms with van der Waals surface area (Å²) < 4.78 is 28.4. The fourth-order valence-electron chi connectivity index (χ4n) is 2.78. The molecule has 10 heteroatoms. The summed E-state index contributed by atoms with van der Waals surface area (Å²) in [5, 5.41) is 3.43. The molecule has 3 aromatic rings. The second kappa shape index (κ2) is 10.2. The van der Waals surface area contributed by atoms with Crippen LogP contribution in [0.5, 0.6) is 0 Å². The van der Waals surface area contributed by atoms with Gasteiger partial charge in [0.05, 0.1) is 15.7 Å². The van der Waals surface area contributed by atoms with Crippen molar-refractivity contribution in [3.63, 3.8) is 0 Å². The van der Waals surface area contributed by atoms with E-state index in [0.717, 1.165) is 5.56 Å². The lowest BCUT2D eigenvalue weighted by atomic mass is 10.1. The molecule has 2 N–H and O–H groups in total. The summed E-state index contributed by atoms with van der Waals surface area (Å²) in [6.45, 7) is 0. The van der Waals surface area contributed by atoms with Gasteiger partial charge in [0, 0.05) is 10.0 Å². The van der Waals surface area contributed by atoms with E-state index in [0.29, 0.717) is 5.02 Å². The fourth-order valence-corrected chi connectivity index (χ4v) is 5.08. The van der Waals surface area contributed by atoms with Crippen LogP contribution in [0.3, 0.4) is 0 Å². The normalized spacial score (nSPS) is 12.4. The number of benzene rings is 3. The maximum Gasteiger partial charge on any atom is 0.242 e. The molecule has 0 aliphatic carbocycles. The first-order valence-electron chi connectivity index (χ1n) is 8.93. The number of hydrogen-bond acceptors (Lipinski definition) is 3. The van der Waals surface area contributed by atoms with Crippen LogP contribution in [0.1, 0.15) is 5.56 Å². The van der Waals surface area contributed by atoms with E-state index in [1.807, 2.05) is 6.07 Å². The molecule has 162 valence electrons. The van der Waals surface area contributed by atoms with Crippen molar-refractivity contribution in [2.45, 2.75) is 17.4 Å². The molecule has 3 rings (SSSR count). The third-order valence-electron chi connectivity index (χ3n) is 4.27. The van der Waals surface area contributed by atoms with E-state index < -0.39 is 22.0 Å². The number of anilines is 1. The SMILES string of the molecule is O=C(Nc1cc(Cl)ccc1Cl)[C@H](Cc1ccccc1)NS(=O)(=O)c1cc(Cl)ccc1Cl. The number of carbonyl (C=O) groups excluding carboxylic acids is 1. The molecule has 0 aliphatic rings. The maximum absolute atomic E-state index is 13.0. The van der Waals surface area contributed by atoms with Crippen LogP contribution in [0.25, 0.3) is 0 Å². The summed E-state index contributed by atoms with van der Waals surface area (Å²) in [4.78, 5) is 12.8. The van der Waals surface area contributed by atoms with Crippen LogP contribution in [0, 0.1) is 0 Å². The van der Waals surface area contributed by atoms with E-state index in [1.165, 1.54) is 30.3 Å². The molecule has 3 aromatic carbocycles. The highest BCUT2D eigenvalue weighted by Gasteiger charge is 2.28. The standard InChI is InChI=1S/C21H16Cl4N2O3S/c22-14-6-8-16(24)18(11-14)26-21(28)19(10-13-4-2-1-3-5-13)27-31(29,30)20-12-15(23)7-9-17(20)25/h1-9,11-12,19,27H,10H2,(H,26,28)/t19-/m0/s1. The molecular weight excluding hydrogens is 502 g/mol. The Morgan fingerprint density at radius 2 is 1.45 bits per heavy atom. The van der Waals surface area contributed by atoms with Gasteiger partial charge < -0.3 is 5.32 Å². The molecule has 5 nitrogen and oxygen atoms in total. The molecule has 0 saturated heterocycles. The molecule has 0 saturated carbocycles. The third-order valence-corrected chi connectivity index (χ3v) is 7.02. The minimum absolute atomic E-state index is 0.0198. The van der Waals surface area contributed by atoms with E-state index in [9.17, 15) is 13.2 Å². The number of carbonyl (C=O) groups is 1. The molecule has 0 heterocycles. The van der Waals surface area contributed by atoms with Crippen LogP contribution in [0.15, 0.2) is 71.6 Å². The van der Waals surface area contributed by atoms with Crippen molar-refractivity contribution >= 4 is 68.0 Å². The smallest absolute Gasteiger partial charge is 0.242 e. The molecule has 0 aliphatic heterocycles. The van der Waals surface area contributed by atoms with Crippen LogP contribution in [0.2, 0.25) is 20.1 Å². The number of sulfonamides is 1. The van der Waals surface area contributed by atoms with Crippen molar-refractivity contribution < 1.29 is 13.2 Å². The summed E-state index contributed by atoms with van der Waals surface area (Å²) in [6.07, 6.45) is 0.0856. The van der Waals surface area contributed by atoms with Crippen molar-refractivity contribution in [3.8, 4) is 0 Å². The zero-order valence-corrected chi connectivity index (χ0v) is 19.6. The van der Waals surface area contributed by atoms with E-state index in [4.69, 9.17) is 46.4 Å². The van der Waals surface area contributed by atoms with Gasteiger partial charge in [0.25, 0.3) is 0 Å². The molecule has 1 atom stereocenters. The molecule has 0 spiro atoms. The van der Waals surface area contributed by atoms with Crippen LogP contribution in [0.4, 0.5) is 5.69 Å². The Hall–Kier alpha value is -1.80. The molecule has 0 bridgehead atoms. The molecule has 31 heavy (non-hydrogen) atoms. The third kappa shape index (κ3) is 6.35. The number of amides is 1. The van der Waals surface area contributed by atoms with Gasteiger partial charge in [-0.05, 0) is 48.4 Å². The average molecular weight is 518 g/mol. The molecule has 0 fully saturated rings. The van der Waals surface area contributed by atoms with Crippen molar-refractivity contribution in [2.75, 3.05) is 5.32 Å². The summed E-state index contributed by atoms with van der Waals surface area (Å²) in [5.74, 6) is -0.616. The Balaban J connectivity index is 1.93. The topological polar surface area (TPSA) is 75.3 Å². The van der Waals surface area contributed by atoms with Gasteiger partial charge in [-0.3, -0.25) is 4.79 Å². The van der Waals surface area contributed by atoms with Crippen LogP contribution in [-0.2, 0) is 21.2 Å². The summed E-state index contributed by atoms with van der Waals surface area (Å²) in [6, 6.07) is 16.4. The molecule has 0 unspecified atom stereocenters. The van der Waals surface area contributed by atoms with E-state index in [2.05, 4.69) is 10.0 Å². The minimum atomic E-state index is -4.17. The predicted octanol–water partition coefficient (Wildman–Crippen LogP) is 5.83. The highest BCUT2D eigenvalue weighted by molar-refractivity contribution is 7.89. The number of rotatable bonds is 7. The van der Waals surface area contributed by atoms with Crippen LogP contribution >= 0.6 is 46.4 Å². The first-order valence-corrected chi connectivity index (χ1v) is 11.9. The number of nitrogens with one attached hydrogen (secondary N) is 2. The number of halogens is 4. The van der Waals surface area contributed by atoms with Gasteiger partial charge in [-0.1, -0.05) is 76.7 Å². The monoisotopic (exact) mass is 516 g/mol. The Morgan fingerprint density at radius 1 is 0.839 bits per heavy atom. The Morgan fingerprint density at radius 3 is 2.13 bits per heavy atom. The van der Waals surface area contributed by atoms with Crippen molar-refractivity contribution in [1.29, 1.82) is 0 Å². The Bertz CT molecular complexity index is 1200. The fraction of sp³-hybridized carbons (Fsp3) is 0.0952. The van der Waals surface area contributed by atoms with Gasteiger partial charge in [-0.15, -0.1) is 0 Å². The highest BCUT2D eigenvalue weighted by Crippen LogP contribution is 2.27. The zero-order chi connectivity index (χ0) is 22.6. The quantitative estimate of drug-likeness (QED) is 0.414. The van der Waals surface area contributed by atoms with Gasteiger partial charge in [-0.25, -0.2) is 8.42 Å². The van der Waals surface area contributed by atoms with Crippen LogP contribution in [-0.4, -0.2) is 20.4 Å². The van der Waals surface area contributed by atoms with Crippen molar-refractivity contribution in [2.24, 2.45) is 0 Å². The largest absolute Gasteiger partial charge is 0.323 e. The predicted molar refractivity (Wildman–Crippen MR) is 126 cm³/mol. The summed E-state index contributed by atoms with van der Waals surface area (Å²) in [7, 11) is -4.17. The van der Waals surface area contributed by atoms with Gasteiger partial charge in [0.1, 0.15) is 10.9 Å². The minimum Gasteiger partial charge on any atom is -0.323 e. The number of hydrogen-bond donors (Lipinski definition) is 2. The van der Waals surface area contributed by atoms with E-state index in [1.54, 1.807) is 30.3 Å². The highest BCUT2D eigenvalue weighted by atomic mass is 35.5. The van der Waals surface area contributed by atoms with Crippen LogP contribution < -0.4 is 10.0 Å². The Kier molecular flexibility index (Phi) is 7.86. The summed E-state index contributed by atoms with van der Waals surface area (Å²) >= 11 is 24.1. The summed E-state index contributed by atoms with van der Waals surface area (Å²) in [5.41, 5.74) is 1.01. The molecule has 1 amide bonds. The first kappa shape index (κ1) is 23.9. The lowest BCUT2D eigenvalue weighted by Gasteiger charge is -2.20. The molecular formula is C21H16Cl4N2O3S. The van der Waals surface area contributed by atoms with Gasteiger partial charge in [-0.2, -0.15) is 4.72 Å². The van der Waals surface area contributed by atoms with E-state index >= 15 is 0 Å². The second-order valence-corrected chi connectivity index (χ2v) is 9.92. The first-order chi connectivity index (χ1) is 14.7. The van der Waals surface area contributed by atoms with Crippen molar-refractivity contribution in [1.82, 2.24) is 4.72 Å². The van der Waals surface area contributed by atoms with Gasteiger partial charge in [0.2, 0.25) is 15.9 Å². The molecule has 0 radical (unpaired) electrons. The molecule has 0 aromatic heterocycles.